The molecule has 0 radical (unpaired) electrons. The summed E-state index contributed by atoms with van der Waals surface area (Å²) in [5.41, 5.74) is 3.42. The zero-order valence-corrected chi connectivity index (χ0v) is 15.5. The van der Waals surface area contributed by atoms with Crippen LogP contribution in [0.2, 0.25) is 0 Å². The molecule has 1 heterocycles. The molecule has 2 nitrogen and oxygen atoms in total. The predicted octanol–water partition coefficient (Wildman–Crippen LogP) is 7.02. The summed E-state index contributed by atoms with van der Waals surface area (Å²) in [4.78, 5) is 4.84. The van der Waals surface area contributed by atoms with Gasteiger partial charge in [0.1, 0.15) is 5.52 Å². The number of aromatic nitrogens is 1. The smallest absolute Gasteiger partial charge is 0.198 e. The molecule has 24 heavy (non-hydrogen) atoms. The number of hydrogen-bond acceptors (Lipinski definition) is 2. The maximum Gasteiger partial charge on any atom is 0.198 e. The van der Waals surface area contributed by atoms with Crippen molar-refractivity contribution in [2.24, 2.45) is 5.92 Å². The van der Waals surface area contributed by atoms with Crippen LogP contribution in [0, 0.1) is 5.92 Å². The summed E-state index contributed by atoms with van der Waals surface area (Å²) >= 11 is 0. The molecule has 0 atom stereocenters. The maximum absolute atomic E-state index is 6.09. The summed E-state index contributed by atoms with van der Waals surface area (Å²) in [5, 5.41) is 0. The van der Waals surface area contributed by atoms with Crippen molar-refractivity contribution >= 4 is 11.1 Å². The third-order valence-corrected chi connectivity index (χ3v) is 5.70. The van der Waals surface area contributed by atoms with Crippen molar-refractivity contribution in [2.75, 3.05) is 0 Å². The lowest BCUT2D eigenvalue weighted by Gasteiger charge is -2.26. The highest BCUT2D eigenvalue weighted by atomic mass is 16.3. The van der Waals surface area contributed by atoms with E-state index in [4.69, 9.17) is 9.40 Å². The first-order chi connectivity index (χ1) is 11.8. The Balaban J connectivity index is 1.59. The van der Waals surface area contributed by atoms with E-state index in [1.165, 1.54) is 69.8 Å². The minimum Gasteiger partial charge on any atom is -0.440 e. The Bertz CT molecular complexity index is 622. The van der Waals surface area contributed by atoms with Crippen LogP contribution in [-0.4, -0.2) is 4.98 Å². The van der Waals surface area contributed by atoms with Crippen molar-refractivity contribution in [1.82, 2.24) is 4.98 Å². The summed E-state index contributed by atoms with van der Waals surface area (Å²) < 4.78 is 6.09. The largest absolute Gasteiger partial charge is 0.440 e. The highest BCUT2D eigenvalue weighted by Gasteiger charge is 2.25. The number of fused-ring (bicyclic) bond motifs is 1. The van der Waals surface area contributed by atoms with Gasteiger partial charge in [-0.2, -0.15) is 0 Å². The standard InChI is InChI=1S/C22H33NO/c1-3-5-7-9-17-10-13-19(14-11-17)22-23-20-16-18(8-6-4-2)12-15-21(20)24-22/h12,15-17,19H,3-11,13-14H2,1-2H3. The number of unbranched alkanes of at least 4 members (excludes halogenated alkanes) is 3. The Hall–Kier alpha value is -1.31. The van der Waals surface area contributed by atoms with Crippen LogP contribution in [0.5, 0.6) is 0 Å². The fraction of sp³-hybridized carbons (Fsp3) is 0.682. The summed E-state index contributed by atoms with van der Waals surface area (Å²) in [6, 6.07) is 6.55. The lowest BCUT2D eigenvalue weighted by Crippen LogP contribution is -2.13. The van der Waals surface area contributed by atoms with Crippen LogP contribution in [0.1, 0.15) is 95.4 Å². The highest BCUT2D eigenvalue weighted by molar-refractivity contribution is 5.73. The van der Waals surface area contributed by atoms with Gasteiger partial charge in [0.15, 0.2) is 11.5 Å². The molecule has 1 aliphatic rings. The molecule has 0 spiro atoms. The average Bonchev–Trinajstić information content (AvgIpc) is 3.04. The van der Waals surface area contributed by atoms with Gasteiger partial charge in [0.2, 0.25) is 0 Å². The van der Waals surface area contributed by atoms with Gasteiger partial charge in [-0.3, -0.25) is 0 Å². The monoisotopic (exact) mass is 327 g/mol. The molecule has 1 aromatic heterocycles. The minimum atomic E-state index is 0.541. The van der Waals surface area contributed by atoms with E-state index in [2.05, 4.69) is 32.0 Å². The zero-order valence-electron chi connectivity index (χ0n) is 15.5. The normalized spacial score (nSPS) is 21.4. The lowest BCUT2D eigenvalue weighted by atomic mass is 9.79. The van der Waals surface area contributed by atoms with Crippen LogP contribution >= 0.6 is 0 Å². The number of aryl methyl sites for hydroxylation is 1. The third kappa shape index (κ3) is 4.40. The first-order valence-corrected chi connectivity index (χ1v) is 10.2. The summed E-state index contributed by atoms with van der Waals surface area (Å²) in [5.74, 6) is 2.47. The van der Waals surface area contributed by atoms with Gasteiger partial charge < -0.3 is 4.42 Å². The zero-order chi connectivity index (χ0) is 16.8. The van der Waals surface area contributed by atoms with Crippen LogP contribution in [-0.2, 0) is 6.42 Å². The number of benzene rings is 1. The van der Waals surface area contributed by atoms with E-state index in [1.807, 2.05) is 0 Å². The van der Waals surface area contributed by atoms with E-state index in [0.717, 1.165) is 29.3 Å². The fourth-order valence-corrected chi connectivity index (χ4v) is 4.08. The first kappa shape index (κ1) is 17.5. The molecule has 1 aromatic carbocycles. The Labute approximate surface area is 147 Å². The minimum absolute atomic E-state index is 0.541. The van der Waals surface area contributed by atoms with Gasteiger partial charge in [0.25, 0.3) is 0 Å². The number of nitrogens with zero attached hydrogens (tertiary/aromatic N) is 1. The molecule has 0 saturated heterocycles. The van der Waals surface area contributed by atoms with Crippen molar-refractivity contribution in [2.45, 2.75) is 90.4 Å². The molecular formula is C22H33NO. The molecule has 1 saturated carbocycles. The van der Waals surface area contributed by atoms with Crippen LogP contribution in [0.15, 0.2) is 22.6 Å². The van der Waals surface area contributed by atoms with Gasteiger partial charge in [-0.25, -0.2) is 4.98 Å². The van der Waals surface area contributed by atoms with Crippen LogP contribution in [0.25, 0.3) is 11.1 Å². The molecule has 0 aliphatic heterocycles. The molecule has 2 aromatic rings. The fourth-order valence-electron chi connectivity index (χ4n) is 4.08. The average molecular weight is 328 g/mol. The van der Waals surface area contributed by atoms with Gasteiger partial charge in [-0.1, -0.05) is 52.0 Å². The summed E-state index contributed by atoms with van der Waals surface area (Å²) in [7, 11) is 0. The van der Waals surface area contributed by atoms with E-state index in [0.29, 0.717) is 5.92 Å². The number of hydrogen-bond donors (Lipinski definition) is 0. The molecule has 0 N–H and O–H groups in total. The van der Waals surface area contributed by atoms with Crippen molar-refractivity contribution < 1.29 is 4.42 Å². The molecule has 0 bridgehead atoms. The van der Waals surface area contributed by atoms with Gasteiger partial charge in [-0.15, -0.1) is 0 Å². The molecule has 132 valence electrons. The SMILES string of the molecule is CCCCCC1CCC(c2nc3cc(CCCC)ccc3o2)CC1. The van der Waals surface area contributed by atoms with Crippen molar-refractivity contribution in [1.29, 1.82) is 0 Å². The number of rotatable bonds is 8. The quantitative estimate of drug-likeness (QED) is 0.487. The molecule has 2 heteroatoms. The Morgan fingerprint density at radius 3 is 2.54 bits per heavy atom. The lowest BCUT2D eigenvalue weighted by molar-refractivity contribution is 0.279. The second-order valence-corrected chi connectivity index (χ2v) is 7.67. The molecule has 0 unspecified atom stereocenters. The maximum atomic E-state index is 6.09. The summed E-state index contributed by atoms with van der Waals surface area (Å²) in [6.07, 6.45) is 14.4. The highest BCUT2D eigenvalue weighted by Crippen LogP contribution is 2.38. The van der Waals surface area contributed by atoms with Gasteiger partial charge in [0, 0.05) is 5.92 Å². The molecule has 1 aliphatic carbocycles. The molecule has 3 rings (SSSR count). The molecule has 1 fully saturated rings. The van der Waals surface area contributed by atoms with Crippen molar-refractivity contribution in [3.05, 3.63) is 29.7 Å². The van der Waals surface area contributed by atoms with Crippen molar-refractivity contribution in [3.8, 4) is 0 Å². The Morgan fingerprint density at radius 2 is 1.79 bits per heavy atom. The van der Waals surface area contributed by atoms with Crippen LogP contribution in [0.4, 0.5) is 0 Å². The second-order valence-electron chi connectivity index (χ2n) is 7.67. The predicted molar refractivity (Wildman–Crippen MR) is 101 cm³/mol. The van der Waals surface area contributed by atoms with E-state index in [1.54, 1.807) is 0 Å². The topological polar surface area (TPSA) is 26.0 Å². The van der Waals surface area contributed by atoms with Gasteiger partial charge in [0.05, 0.1) is 0 Å². The Kier molecular flexibility index (Phi) is 6.34. The second kappa shape index (κ2) is 8.69. The van der Waals surface area contributed by atoms with E-state index < -0.39 is 0 Å². The third-order valence-electron chi connectivity index (χ3n) is 5.70. The van der Waals surface area contributed by atoms with Crippen LogP contribution < -0.4 is 0 Å². The first-order valence-electron chi connectivity index (χ1n) is 10.2. The Morgan fingerprint density at radius 1 is 1.00 bits per heavy atom. The van der Waals surface area contributed by atoms with Gasteiger partial charge in [-0.05, 0) is 62.1 Å². The molecular weight excluding hydrogens is 294 g/mol. The van der Waals surface area contributed by atoms with Gasteiger partial charge >= 0.3 is 0 Å². The van der Waals surface area contributed by atoms with E-state index in [-0.39, 0.29) is 0 Å². The van der Waals surface area contributed by atoms with Crippen molar-refractivity contribution in [3.63, 3.8) is 0 Å². The van der Waals surface area contributed by atoms with Crippen LogP contribution in [0.3, 0.4) is 0 Å². The van der Waals surface area contributed by atoms with E-state index >= 15 is 0 Å². The van der Waals surface area contributed by atoms with E-state index in [9.17, 15) is 0 Å². The molecule has 0 amide bonds. The number of oxazole rings is 1. The summed E-state index contributed by atoms with van der Waals surface area (Å²) in [6.45, 7) is 4.53.